The number of pyridine rings is 1. The molecule has 0 fully saturated rings. The maximum Gasteiger partial charge on any atom is 0.0861 e. The van der Waals surface area contributed by atoms with Crippen LogP contribution in [0.2, 0.25) is 0 Å². The van der Waals surface area contributed by atoms with Crippen LogP contribution in [0.5, 0.6) is 0 Å². The number of fused-ring (bicyclic) bond motifs is 1. The van der Waals surface area contributed by atoms with Crippen molar-refractivity contribution in [2.45, 2.75) is 32.4 Å². The zero-order valence-corrected chi connectivity index (χ0v) is 12.3. The van der Waals surface area contributed by atoms with Crippen molar-refractivity contribution in [1.82, 2.24) is 14.8 Å². The quantitative estimate of drug-likeness (QED) is 0.798. The van der Waals surface area contributed by atoms with Crippen LogP contribution < -0.4 is 0 Å². The second-order valence-electron chi connectivity index (χ2n) is 5.55. The van der Waals surface area contributed by atoms with Crippen LogP contribution in [0.1, 0.15) is 37.1 Å². The molecule has 0 aliphatic rings. The van der Waals surface area contributed by atoms with Crippen molar-refractivity contribution in [3.05, 3.63) is 60.0 Å². The van der Waals surface area contributed by atoms with Crippen LogP contribution in [0.3, 0.4) is 0 Å². The minimum absolute atomic E-state index is 0.299. The van der Waals surface area contributed by atoms with E-state index in [2.05, 4.69) is 23.9 Å². The zero-order chi connectivity index (χ0) is 14.8. The van der Waals surface area contributed by atoms with Crippen molar-refractivity contribution in [1.29, 1.82) is 0 Å². The number of nitrogens with zero attached hydrogens (tertiary/aromatic N) is 3. The molecular weight excluding hydrogens is 262 g/mol. The van der Waals surface area contributed by atoms with E-state index in [1.165, 1.54) is 0 Å². The highest BCUT2D eigenvalue weighted by molar-refractivity contribution is 5.81. The second-order valence-corrected chi connectivity index (χ2v) is 5.55. The highest BCUT2D eigenvalue weighted by Gasteiger charge is 2.13. The molecule has 1 aromatic carbocycles. The Morgan fingerprint density at radius 1 is 1.19 bits per heavy atom. The first-order valence-electron chi connectivity index (χ1n) is 7.20. The van der Waals surface area contributed by atoms with Crippen LogP contribution in [-0.4, -0.2) is 19.9 Å². The molecule has 0 saturated heterocycles. The molecule has 4 nitrogen and oxygen atoms in total. The van der Waals surface area contributed by atoms with Gasteiger partial charge in [0, 0.05) is 35.8 Å². The molecule has 108 valence electrons. The Morgan fingerprint density at radius 3 is 2.76 bits per heavy atom. The lowest BCUT2D eigenvalue weighted by Gasteiger charge is -2.11. The van der Waals surface area contributed by atoms with Crippen LogP contribution in [0.15, 0.2) is 48.9 Å². The van der Waals surface area contributed by atoms with Crippen LogP contribution in [0, 0.1) is 0 Å². The molecular formula is C17H19N3O. The molecule has 0 saturated carbocycles. The molecule has 1 N–H and O–H groups in total. The lowest BCUT2D eigenvalue weighted by Crippen LogP contribution is -2.03. The van der Waals surface area contributed by atoms with Gasteiger partial charge in [0.15, 0.2) is 0 Å². The summed E-state index contributed by atoms with van der Waals surface area (Å²) in [5, 5.41) is 15.8. The summed E-state index contributed by atoms with van der Waals surface area (Å²) in [5.74, 6) is 0. The fraction of sp³-hybridized carbons (Fsp3) is 0.294. The molecule has 1 unspecified atom stereocenters. The minimum Gasteiger partial charge on any atom is -0.388 e. The molecule has 21 heavy (non-hydrogen) atoms. The average Bonchev–Trinajstić information content (AvgIpc) is 2.98. The Labute approximate surface area is 124 Å². The second kappa shape index (κ2) is 5.66. The number of benzene rings is 1. The first kappa shape index (κ1) is 13.8. The predicted octanol–water partition coefficient (Wildman–Crippen LogP) is 3.29. The van der Waals surface area contributed by atoms with E-state index < -0.39 is 6.10 Å². The summed E-state index contributed by atoms with van der Waals surface area (Å²) in [7, 11) is 0. The summed E-state index contributed by atoms with van der Waals surface area (Å²) >= 11 is 0. The van der Waals surface area contributed by atoms with E-state index in [0.29, 0.717) is 12.5 Å². The average molecular weight is 281 g/mol. The molecule has 0 spiro atoms. The van der Waals surface area contributed by atoms with Gasteiger partial charge >= 0.3 is 0 Å². The number of rotatable bonds is 4. The van der Waals surface area contributed by atoms with Gasteiger partial charge in [0.1, 0.15) is 0 Å². The Balaban J connectivity index is 1.87. The van der Waals surface area contributed by atoms with Gasteiger partial charge in [0.2, 0.25) is 0 Å². The molecule has 0 aliphatic heterocycles. The standard InChI is InChI=1S/C17H19N3O/c1-12(2)20-11-14(10-19-20)17(21)9-13-7-8-18-16-6-4-3-5-15(13)16/h3-8,10-12,17,21H,9H2,1-2H3. The third-order valence-corrected chi connectivity index (χ3v) is 3.69. The number of aliphatic hydroxyl groups excluding tert-OH is 1. The van der Waals surface area contributed by atoms with Crippen molar-refractivity contribution in [3.63, 3.8) is 0 Å². The number of aliphatic hydroxyl groups is 1. The molecule has 2 heterocycles. The van der Waals surface area contributed by atoms with Crippen LogP contribution in [0.25, 0.3) is 10.9 Å². The van der Waals surface area contributed by atoms with Crippen molar-refractivity contribution in [3.8, 4) is 0 Å². The van der Waals surface area contributed by atoms with Gasteiger partial charge in [-0.2, -0.15) is 5.10 Å². The fourth-order valence-corrected chi connectivity index (χ4v) is 2.47. The van der Waals surface area contributed by atoms with Crippen molar-refractivity contribution >= 4 is 10.9 Å². The van der Waals surface area contributed by atoms with Crippen LogP contribution in [-0.2, 0) is 6.42 Å². The van der Waals surface area contributed by atoms with E-state index in [1.54, 1.807) is 12.4 Å². The summed E-state index contributed by atoms with van der Waals surface area (Å²) in [6.45, 7) is 4.14. The van der Waals surface area contributed by atoms with Crippen molar-refractivity contribution in [2.75, 3.05) is 0 Å². The molecule has 3 aromatic rings. The third-order valence-electron chi connectivity index (χ3n) is 3.69. The Bertz CT molecular complexity index is 743. The summed E-state index contributed by atoms with van der Waals surface area (Å²) in [6, 6.07) is 10.3. The molecule has 1 atom stereocenters. The van der Waals surface area contributed by atoms with Gasteiger partial charge in [-0.3, -0.25) is 9.67 Å². The van der Waals surface area contributed by atoms with Gasteiger partial charge in [-0.05, 0) is 31.5 Å². The van der Waals surface area contributed by atoms with Crippen LogP contribution >= 0.6 is 0 Å². The Hall–Kier alpha value is -2.20. The molecule has 4 heteroatoms. The smallest absolute Gasteiger partial charge is 0.0861 e. The highest BCUT2D eigenvalue weighted by atomic mass is 16.3. The largest absolute Gasteiger partial charge is 0.388 e. The van der Waals surface area contributed by atoms with E-state index >= 15 is 0 Å². The number of aromatic nitrogens is 3. The van der Waals surface area contributed by atoms with Crippen molar-refractivity contribution < 1.29 is 5.11 Å². The fourth-order valence-electron chi connectivity index (χ4n) is 2.47. The van der Waals surface area contributed by atoms with Crippen LogP contribution in [0.4, 0.5) is 0 Å². The molecule has 0 amide bonds. The van der Waals surface area contributed by atoms with Gasteiger partial charge in [0.25, 0.3) is 0 Å². The third kappa shape index (κ3) is 2.81. The molecule has 0 radical (unpaired) electrons. The predicted molar refractivity (Wildman–Crippen MR) is 83.0 cm³/mol. The molecule has 0 bridgehead atoms. The molecule has 3 rings (SSSR count). The Kier molecular flexibility index (Phi) is 3.71. The van der Waals surface area contributed by atoms with Gasteiger partial charge in [0.05, 0.1) is 17.8 Å². The lowest BCUT2D eigenvalue weighted by molar-refractivity contribution is 0.178. The van der Waals surface area contributed by atoms with E-state index in [9.17, 15) is 5.11 Å². The maximum atomic E-state index is 10.5. The summed E-state index contributed by atoms with van der Waals surface area (Å²) in [5.41, 5.74) is 2.91. The maximum absolute atomic E-state index is 10.5. The van der Waals surface area contributed by atoms with E-state index in [0.717, 1.165) is 22.0 Å². The zero-order valence-electron chi connectivity index (χ0n) is 12.3. The van der Waals surface area contributed by atoms with Gasteiger partial charge < -0.3 is 5.11 Å². The van der Waals surface area contributed by atoms with E-state index in [1.807, 2.05) is 41.2 Å². The first-order valence-corrected chi connectivity index (χ1v) is 7.20. The summed E-state index contributed by atoms with van der Waals surface area (Å²) in [6.07, 6.45) is 5.46. The number of para-hydroxylation sites is 1. The van der Waals surface area contributed by atoms with Gasteiger partial charge in [-0.1, -0.05) is 18.2 Å². The van der Waals surface area contributed by atoms with Gasteiger partial charge in [-0.25, -0.2) is 0 Å². The summed E-state index contributed by atoms with van der Waals surface area (Å²) < 4.78 is 1.86. The Morgan fingerprint density at radius 2 is 2.00 bits per heavy atom. The minimum atomic E-state index is -0.552. The lowest BCUT2D eigenvalue weighted by atomic mass is 10.0. The molecule has 2 aromatic heterocycles. The summed E-state index contributed by atoms with van der Waals surface area (Å²) in [4.78, 5) is 4.35. The number of hydrogen-bond acceptors (Lipinski definition) is 3. The molecule has 0 aliphatic carbocycles. The van der Waals surface area contributed by atoms with E-state index in [-0.39, 0.29) is 0 Å². The van der Waals surface area contributed by atoms with E-state index in [4.69, 9.17) is 0 Å². The topological polar surface area (TPSA) is 50.9 Å². The van der Waals surface area contributed by atoms with Crippen molar-refractivity contribution in [2.24, 2.45) is 0 Å². The van der Waals surface area contributed by atoms with Gasteiger partial charge in [-0.15, -0.1) is 0 Å². The number of hydrogen-bond donors (Lipinski definition) is 1. The first-order chi connectivity index (χ1) is 10.1. The SMILES string of the molecule is CC(C)n1cc(C(O)Cc2ccnc3ccccc23)cn1. The highest BCUT2D eigenvalue weighted by Crippen LogP contribution is 2.23. The monoisotopic (exact) mass is 281 g/mol. The normalized spacial score (nSPS) is 13.0.